The third-order valence-corrected chi connectivity index (χ3v) is 4.59. The number of carbonyl (C=O) groups is 4. The van der Waals surface area contributed by atoms with Gasteiger partial charge in [0.25, 0.3) is 0 Å². The van der Waals surface area contributed by atoms with Crippen LogP contribution in [0.1, 0.15) is 39.2 Å². The monoisotopic (exact) mass is 446 g/mol. The van der Waals surface area contributed by atoms with E-state index in [9.17, 15) is 19.2 Å². The summed E-state index contributed by atoms with van der Waals surface area (Å²) < 4.78 is 10.00. The summed E-state index contributed by atoms with van der Waals surface area (Å²) in [5.41, 5.74) is 6.08. The number of amides is 3. The highest BCUT2D eigenvalue weighted by Gasteiger charge is 2.29. The number of rotatable bonds is 9. The third-order valence-electron chi connectivity index (χ3n) is 4.59. The molecule has 0 bridgehead atoms. The number of para-hydroxylation sites is 1. The number of benzene rings is 1. The minimum Gasteiger partial charge on any atom is -0.467 e. The second-order valence-electron chi connectivity index (χ2n) is 8.35. The van der Waals surface area contributed by atoms with Gasteiger partial charge in [-0.3, -0.25) is 9.59 Å². The number of nitrogens with two attached hydrogens (primary N) is 1. The van der Waals surface area contributed by atoms with E-state index >= 15 is 0 Å². The highest BCUT2D eigenvalue weighted by molar-refractivity contribution is 5.91. The summed E-state index contributed by atoms with van der Waals surface area (Å²) in [4.78, 5) is 51.8. The molecule has 2 rings (SSSR count). The van der Waals surface area contributed by atoms with Gasteiger partial charge >= 0.3 is 12.1 Å². The van der Waals surface area contributed by atoms with Gasteiger partial charge in [-0.25, -0.2) is 9.59 Å². The molecule has 2 aromatic rings. The van der Waals surface area contributed by atoms with Crippen LogP contribution in [-0.2, 0) is 30.3 Å². The number of nitrogens with one attached hydrogen (secondary N) is 3. The summed E-state index contributed by atoms with van der Waals surface area (Å²) in [5, 5.41) is 6.02. The van der Waals surface area contributed by atoms with Gasteiger partial charge in [-0.1, -0.05) is 18.2 Å². The van der Waals surface area contributed by atoms with Crippen LogP contribution >= 0.6 is 0 Å². The molecule has 1 aromatic heterocycles. The standard InChI is InChI=1S/C22H30N4O6/c1-22(2,3)32-21(30)26-17(11-13-12-24-15-8-6-5-7-14(13)15)19(28)25-16(20(29)31-4)9-10-18(23)27/h5-8,12,16-17,24H,9-11H2,1-4H3,(H2,23,27)(H,25,28)(H,26,30)/t16-,17-/m0/s1. The molecule has 0 radical (unpaired) electrons. The molecule has 32 heavy (non-hydrogen) atoms. The largest absolute Gasteiger partial charge is 0.467 e. The van der Waals surface area contributed by atoms with Crippen LogP contribution in [0.15, 0.2) is 30.5 Å². The first-order chi connectivity index (χ1) is 15.0. The second kappa shape index (κ2) is 10.7. The number of primary amides is 1. The Morgan fingerprint density at radius 2 is 1.78 bits per heavy atom. The summed E-state index contributed by atoms with van der Waals surface area (Å²) in [5.74, 6) is -1.96. The van der Waals surface area contributed by atoms with Gasteiger partial charge in [0.05, 0.1) is 7.11 Å². The number of carbonyl (C=O) groups excluding carboxylic acids is 4. The number of esters is 1. The zero-order valence-corrected chi connectivity index (χ0v) is 18.7. The molecule has 0 aliphatic heterocycles. The smallest absolute Gasteiger partial charge is 0.408 e. The Hall–Kier alpha value is -3.56. The molecular weight excluding hydrogens is 416 g/mol. The number of hydrogen-bond donors (Lipinski definition) is 4. The van der Waals surface area contributed by atoms with Crippen LogP contribution in [0, 0.1) is 0 Å². The van der Waals surface area contributed by atoms with Gasteiger partial charge in [-0.05, 0) is 38.8 Å². The minimum absolute atomic E-state index is 0.0278. The van der Waals surface area contributed by atoms with E-state index in [-0.39, 0.29) is 19.3 Å². The van der Waals surface area contributed by atoms with E-state index in [0.717, 1.165) is 16.5 Å². The van der Waals surface area contributed by atoms with Gasteiger partial charge in [0.15, 0.2) is 0 Å². The Morgan fingerprint density at radius 3 is 2.41 bits per heavy atom. The molecule has 3 amide bonds. The molecule has 0 spiro atoms. The number of aromatic nitrogens is 1. The Labute approximate surface area is 186 Å². The van der Waals surface area contributed by atoms with Crippen molar-refractivity contribution in [3.63, 3.8) is 0 Å². The maximum atomic E-state index is 13.1. The maximum Gasteiger partial charge on any atom is 0.408 e. The van der Waals surface area contributed by atoms with Crippen LogP contribution < -0.4 is 16.4 Å². The molecule has 2 atom stereocenters. The minimum atomic E-state index is -1.09. The van der Waals surface area contributed by atoms with Crippen LogP contribution in [0.5, 0.6) is 0 Å². The van der Waals surface area contributed by atoms with Crippen molar-refractivity contribution < 1.29 is 28.7 Å². The van der Waals surface area contributed by atoms with E-state index in [1.807, 2.05) is 24.3 Å². The Morgan fingerprint density at radius 1 is 1.09 bits per heavy atom. The van der Waals surface area contributed by atoms with Crippen molar-refractivity contribution in [1.29, 1.82) is 0 Å². The lowest BCUT2D eigenvalue weighted by molar-refractivity contribution is -0.145. The molecule has 0 saturated heterocycles. The van der Waals surface area contributed by atoms with Crippen LogP contribution in [0.25, 0.3) is 10.9 Å². The van der Waals surface area contributed by atoms with Crippen molar-refractivity contribution in [2.75, 3.05) is 7.11 Å². The molecular formula is C22H30N4O6. The number of H-pyrrole nitrogens is 1. The van der Waals surface area contributed by atoms with Gasteiger partial charge in [-0.15, -0.1) is 0 Å². The number of fused-ring (bicyclic) bond motifs is 1. The molecule has 0 unspecified atom stereocenters. The van der Waals surface area contributed by atoms with E-state index in [0.29, 0.717) is 0 Å². The van der Waals surface area contributed by atoms with Crippen molar-refractivity contribution in [3.05, 3.63) is 36.0 Å². The summed E-state index contributed by atoms with van der Waals surface area (Å²) in [6, 6.07) is 5.40. The normalized spacial score (nSPS) is 13.1. The summed E-state index contributed by atoms with van der Waals surface area (Å²) in [6.07, 6.45) is 0.974. The Bertz CT molecular complexity index is 978. The van der Waals surface area contributed by atoms with Gasteiger partial charge in [0.1, 0.15) is 17.7 Å². The molecule has 1 heterocycles. The van der Waals surface area contributed by atoms with Gasteiger partial charge in [0, 0.05) is 29.9 Å². The highest BCUT2D eigenvalue weighted by Crippen LogP contribution is 2.19. The Kier molecular flexibility index (Phi) is 8.22. The molecule has 0 fully saturated rings. The summed E-state index contributed by atoms with van der Waals surface area (Å²) >= 11 is 0. The first-order valence-electron chi connectivity index (χ1n) is 10.2. The number of hydrogen-bond acceptors (Lipinski definition) is 6. The fourth-order valence-electron chi connectivity index (χ4n) is 3.13. The van der Waals surface area contributed by atoms with Crippen molar-refractivity contribution in [2.45, 2.75) is 57.7 Å². The predicted molar refractivity (Wildman–Crippen MR) is 118 cm³/mol. The van der Waals surface area contributed by atoms with E-state index < -0.39 is 41.6 Å². The molecule has 10 nitrogen and oxygen atoms in total. The van der Waals surface area contributed by atoms with Crippen LogP contribution in [0.3, 0.4) is 0 Å². The number of aromatic amines is 1. The van der Waals surface area contributed by atoms with Crippen LogP contribution in [0.2, 0.25) is 0 Å². The molecule has 0 aliphatic carbocycles. The summed E-state index contributed by atoms with van der Waals surface area (Å²) in [6.45, 7) is 5.12. The Balaban J connectivity index is 2.25. The van der Waals surface area contributed by atoms with Crippen molar-refractivity contribution in [2.24, 2.45) is 5.73 Å². The van der Waals surface area contributed by atoms with Gasteiger partial charge in [0.2, 0.25) is 11.8 Å². The van der Waals surface area contributed by atoms with E-state index in [4.69, 9.17) is 15.2 Å². The molecule has 1 aromatic carbocycles. The van der Waals surface area contributed by atoms with E-state index in [1.165, 1.54) is 7.11 Å². The zero-order valence-electron chi connectivity index (χ0n) is 18.7. The topological polar surface area (TPSA) is 153 Å². The number of alkyl carbamates (subject to hydrolysis) is 1. The van der Waals surface area contributed by atoms with E-state index in [2.05, 4.69) is 15.6 Å². The first-order valence-corrected chi connectivity index (χ1v) is 10.2. The fraction of sp³-hybridized carbons (Fsp3) is 0.455. The first kappa shape index (κ1) is 24.7. The van der Waals surface area contributed by atoms with Crippen LogP contribution in [-0.4, -0.2) is 53.7 Å². The third kappa shape index (κ3) is 7.29. The maximum absolute atomic E-state index is 13.1. The quantitative estimate of drug-likeness (QED) is 0.429. The lowest BCUT2D eigenvalue weighted by Gasteiger charge is -2.24. The molecule has 10 heteroatoms. The second-order valence-corrected chi connectivity index (χ2v) is 8.35. The number of ether oxygens (including phenoxy) is 2. The van der Waals surface area contributed by atoms with E-state index in [1.54, 1.807) is 27.0 Å². The van der Waals surface area contributed by atoms with Crippen molar-refractivity contribution >= 4 is 34.8 Å². The molecule has 5 N–H and O–H groups in total. The number of methoxy groups -OCH3 is 1. The lowest BCUT2D eigenvalue weighted by atomic mass is 10.0. The van der Waals surface area contributed by atoms with Crippen molar-refractivity contribution in [3.8, 4) is 0 Å². The molecule has 174 valence electrons. The predicted octanol–water partition coefficient (Wildman–Crippen LogP) is 1.53. The lowest BCUT2D eigenvalue weighted by Crippen LogP contribution is -2.53. The van der Waals surface area contributed by atoms with Crippen LogP contribution in [0.4, 0.5) is 4.79 Å². The highest BCUT2D eigenvalue weighted by atomic mass is 16.6. The SMILES string of the molecule is COC(=O)[C@H](CCC(N)=O)NC(=O)[C@H](Cc1c[nH]c2ccccc12)NC(=O)OC(C)(C)C. The molecule has 0 saturated carbocycles. The fourth-order valence-corrected chi connectivity index (χ4v) is 3.13. The average molecular weight is 447 g/mol. The average Bonchev–Trinajstić information content (AvgIpc) is 3.11. The zero-order chi connectivity index (χ0) is 23.9. The summed E-state index contributed by atoms with van der Waals surface area (Å²) in [7, 11) is 1.17. The molecule has 0 aliphatic rings. The van der Waals surface area contributed by atoms with Gasteiger partial charge in [-0.2, -0.15) is 0 Å². The van der Waals surface area contributed by atoms with Crippen molar-refractivity contribution in [1.82, 2.24) is 15.6 Å². The van der Waals surface area contributed by atoms with Gasteiger partial charge < -0.3 is 30.8 Å².